The molecular formula is C46H31IrN4. The van der Waals surface area contributed by atoms with E-state index in [9.17, 15) is 0 Å². The van der Waals surface area contributed by atoms with Gasteiger partial charge in [0.15, 0.2) is 0 Å². The van der Waals surface area contributed by atoms with Crippen LogP contribution in [0.1, 0.15) is 11.6 Å². The van der Waals surface area contributed by atoms with Crippen molar-refractivity contribution in [1.82, 2.24) is 14.1 Å². The maximum absolute atomic E-state index is 4.96. The third kappa shape index (κ3) is 5.97. The van der Waals surface area contributed by atoms with Crippen molar-refractivity contribution >= 4 is 45.0 Å². The molecule has 0 radical (unpaired) electrons. The van der Waals surface area contributed by atoms with E-state index >= 15 is 0 Å². The van der Waals surface area contributed by atoms with Crippen molar-refractivity contribution < 1.29 is 20.1 Å². The van der Waals surface area contributed by atoms with Crippen LogP contribution in [0.25, 0.3) is 72.9 Å². The van der Waals surface area contributed by atoms with E-state index in [4.69, 9.17) is 5.32 Å². The second kappa shape index (κ2) is 14.1. The average molecular weight is 832 g/mol. The Kier molecular flexibility index (Phi) is 8.90. The molecule has 0 aliphatic carbocycles. The van der Waals surface area contributed by atoms with Gasteiger partial charge in [-0.05, 0) is 54.2 Å². The summed E-state index contributed by atoms with van der Waals surface area (Å²) in [6, 6.07) is 62.9. The Hall–Kier alpha value is -6.00. The number of fused-ring (bicyclic) bond motifs is 6. The summed E-state index contributed by atoms with van der Waals surface area (Å²) in [5.74, 6) is 0. The Bertz CT molecular complexity index is 2670. The first-order valence-electron chi connectivity index (χ1n) is 16.8. The molecule has 0 spiro atoms. The van der Waals surface area contributed by atoms with Gasteiger partial charge in [-0.3, -0.25) is 0 Å². The molecule has 0 bridgehead atoms. The number of nitrogens with zero attached hydrogens (tertiary/aromatic N) is 4. The van der Waals surface area contributed by atoms with Gasteiger partial charge in [-0.25, -0.2) is 0 Å². The van der Waals surface area contributed by atoms with Crippen LogP contribution in [0, 0.1) is 12.1 Å². The molecule has 1 unspecified atom stereocenters. The largest absolute Gasteiger partial charge is 3.00 e. The molecule has 6 aromatic carbocycles. The summed E-state index contributed by atoms with van der Waals surface area (Å²) in [5.41, 5.74) is 8.96. The summed E-state index contributed by atoms with van der Waals surface area (Å²) < 4.78 is 4.73. The van der Waals surface area contributed by atoms with E-state index in [1.54, 1.807) is 6.20 Å². The van der Waals surface area contributed by atoms with E-state index < -0.39 is 0 Å². The molecule has 1 aliphatic heterocycles. The number of aromatic nitrogens is 3. The van der Waals surface area contributed by atoms with Crippen molar-refractivity contribution in [2.75, 3.05) is 0 Å². The molecule has 51 heavy (non-hydrogen) atoms. The van der Waals surface area contributed by atoms with Crippen LogP contribution in [0.2, 0.25) is 0 Å². The Balaban J connectivity index is 0.000000245. The molecule has 0 amide bonds. The molecule has 1 atom stereocenters. The Morgan fingerprint density at radius 1 is 0.549 bits per heavy atom. The smallest absolute Gasteiger partial charge is 0.681 e. The van der Waals surface area contributed by atoms with Gasteiger partial charge in [0.1, 0.15) is 0 Å². The Labute approximate surface area is 310 Å². The number of hydrogen-bond donors (Lipinski definition) is 0. The van der Waals surface area contributed by atoms with Crippen LogP contribution < -0.4 is 10.6 Å². The van der Waals surface area contributed by atoms with E-state index in [0.29, 0.717) is 0 Å². The molecule has 4 heterocycles. The number of pyridine rings is 1. The van der Waals surface area contributed by atoms with Crippen LogP contribution >= 0.6 is 0 Å². The molecule has 4 nitrogen and oxygen atoms in total. The summed E-state index contributed by atoms with van der Waals surface area (Å²) in [6.45, 7) is 0. The standard InChI is InChI=1S/C35H23N3.C11H8N.Ir/c1-4-12-24(13-5-1)31-21-30-29-20-28-27-18-10-11-19-32(27)37(25-14-6-2-7-15-25)33(28)22-34(29)38(35(30)23-36-31)26-16-8-3-9-17-26;1-2-6-10(7-3-1)11-8-4-5-9-12-11;/h1-12,14-23,31H;1-6,8-9H;/q-2;-1;+3. The molecule has 0 saturated heterocycles. The monoisotopic (exact) mass is 832 g/mol. The van der Waals surface area contributed by atoms with Crippen molar-refractivity contribution in [3.8, 4) is 22.6 Å². The van der Waals surface area contributed by atoms with Gasteiger partial charge in [0.05, 0.1) is 16.6 Å². The fourth-order valence-electron chi connectivity index (χ4n) is 6.99. The summed E-state index contributed by atoms with van der Waals surface area (Å²) in [6.07, 6.45) is 6.13. The first-order chi connectivity index (χ1) is 24.8. The van der Waals surface area contributed by atoms with Crippen LogP contribution in [0.4, 0.5) is 0 Å². The first-order valence-corrected chi connectivity index (χ1v) is 16.8. The quantitative estimate of drug-likeness (QED) is 0.163. The van der Waals surface area contributed by atoms with E-state index in [1.165, 1.54) is 37.9 Å². The molecule has 0 saturated carbocycles. The third-order valence-electron chi connectivity index (χ3n) is 9.25. The zero-order chi connectivity index (χ0) is 33.3. The molecule has 1 aliphatic rings. The molecule has 0 fully saturated rings. The normalized spacial score (nSPS) is 13.2. The van der Waals surface area contributed by atoms with Crippen LogP contribution in [0.15, 0.2) is 170 Å². The van der Waals surface area contributed by atoms with E-state index in [0.717, 1.165) is 33.5 Å². The molecule has 10 rings (SSSR count). The summed E-state index contributed by atoms with van der Waals surface area (Å²) in [4.78, 5) is 4.22. The summed E-state index contributed by atoms with van der Waals surface area (Å²) >= 11 is 0. The van der Waals surface area contributed by atoms with E-state index in [1.807, 2.05) is 60.8 Å². The van der Waals surface area contributed by atoms with Crippen molar-refractivity contribution in [1.29, 1.82) is 0 Å². The van der Waals surface area contributed by atoms with Gasteiger partial charge >= 0.3 is 20.1 Å². The fourth-order valence-corrected chi connectivity index (χ4v) is 6.99. The van der Waals surface area contributed by atoms with Crippen molar-refractivity contribution in [2.45, 2.75) is 6.04 Å². The molecule has 5 heteroatoms. The van der Waals surface area contributed by atoms with Gasteiger partial charge in [0, 0.05) is 44.3 Å². The van der Waals surface area contributed by atoms with Gasteiger partial charge in [-0.15, -0.1) is 35.9 Å². The van der Waals surface area contributed by atoms with Gasteiger partial charge in [0.25, 0.3) is 0 Å². The molecule has 0 N–H and O–H groups in total. The number of benzene rings is 6. The molecule has 3 aromatic heterocycles. The average Bonchev–Trinajstić information content (AvgIpc) is 3.70. The topological polar surface area (TPSA) is 36.9 Å². The first kappa shape index (κ1) is 32.2. The van der Waals surface area contributed by atoms with E-state index in [2.05, 4.69) is 142 Å². The molecule has 9 aromatic rings. The molecule has 244 valence electrons. The minimum Gasteiger partial charge on any atom is -0.681 e. The van der Waals surface area contributed by atoms with Gasteiger partial charge in [0.2, 0.25) is 0 Å². The predicted octanol–water partition coefficient (Wildman–Crippen LogP) is 9.72. The Morgan fingerprint density at radius 3 is 1.92 bits per heavy atom. The third-order valence-corrected chi connectivity index (χ3v) is 9.25. The number of hydrogen-bond acceptors (Lipinski definition) is 1. The number of rotatable bonds is 4. The minimum atomic E-state index is -0.0557. The van der Waals surface area contributed by atoms with Gasteiger partial charge in [-0.2, -0.15) is 42.1 Å². The Morgan fingerprint density at radius 2 is 1.22 bits per heavy atom. The van der Waals surface area contributed by atoms with Crippen molar-refractivity contribution in [2.24, 2.45) is 0 Å². The van der Waals surface area contributed by atoms with Gasteiger partial charge in [-0.1, -0.05) is 78.8 Å². The van der Waals surface area contributed by atoms with E-state index in [-0.39, 0.29) is 26.1 Å². The van der Waals surface area contributed by atoms with Crippen LogP contribution in [0.5, 0.6) is 0 Å². The fraction of sp³-hybridized carbons (Fsp3) is 0.0217. The number of para-hydroxylation sites is 3. The van der Waals surface area contributed by atoms with Crippen molar-refractivity contribution in [3.05, 3.63) is 204 Å². The van der Waals surface area contributed by atoms with Gasteiger partial charge < -0.3 is 19.4 Å². The maximum atomic E-state index is 4.96. The zero-order valence-corrected chi connectivity index (χ0v) is 29.9. The van der Waals surface area contributed by atoms with Crippen molar-refractivity contribution in [3.63, 3.8) is 0 Å². The molecular weight excluding hydrogens is 801 g/mol. The second-order valence-electron chi connectivity index (χ2n) is 12.2. The predicted molar refractivity (Wildman–Crippen MR) is 206 cm³/mol. The summed E-state index contributed by atoms with van der Waals surface area (Å²) in [5, 5.41) is 11.0. The van der Waals surface area contributed by atoms with Crippen LogP contribution in [-0.2, 0) is 20.1 Å². The maximum Gasteiger partial charge on any atom is 3.00 e. The SMILES string of the molecule is [Ir+3].[c-]1ccccc1-c1ccccn1.[c-]1ccccc1C1C=c2c(n(-c3ccccc3)c3cc4c(cc23)c2ccccc2n4-c2ccccc2)=C[N-]1. The minimum absolute atomic E-state index is 0. The summed E-state index contributed by atoms with van der Waals surface area (Å²) in [7, 11) is 0. The van der Waals surface area contributed by atoms with Crippen LogP contribution in [0.3, 0.4) is 0 Å². The zero-order valence-electron chi connectivity index (χ0n) is 27.5. The second-order valence-corrected chi connectivity index (χ2v) is 12.2. The van der Waals surface area contributed by atoms with Crippen LogP contribution in [-0.4, -0.2) is 14.1 Å².